The number of rotatable bonds is 6. The number of primary amides is 1. The fourth-order valence-corrected chi connectivity index (χ4v) is 4.20. The van der Waals surface area contributed by atoms with Crippen molar-refractivity contribution in [1.29, 1.82) is 0 Å². The van der Waals surface area contributed by atoms with Crippen molar-refractivity contribution in [3.05, 3.63) is 17.2 Å². The van der Waals surface area contributed by atoms with Gasteiger partial charge in [-0.25, -0.2) is 4.98 Å². The molecule has 3 rings (SSSR count). The van der Waals surface area contributed by atoms with E-state index in [1.165, 1.54) is 11.3 Å². The molecular weight excluding hydrogens is 376 g/mol. The Labute approximate surface area is 160 Å². The van der Waals surface area contributed by atoms with Gasteiger partial charge < -0.3 is 20.7 Å². The van der Waals surface area contributed by atoms with Gasteiger partial charge in [0, 0.05) is 25.6 Å². The smallest absolute Gasteiger partial charge is 0.230 e. The molecule has 1 fully saturated rings. The maximum atomic E-state index is 12.6. The third-order valence-electron chi connectivity index (χ3n) is 4.44. The molecule has 1 aliphatic heterocycles. The van der Waals surface area contributed by atoms with Crippen LogP contribution in [0.5, 0.6) is 5.75 Å². The quantitative estimate of drug-likeness (QED) is 0.781. The lowest BCUT2D eigenvalue weighted by molar-refractivity contribution is -0.121. The topological polar surface area (TPSA) is 97.5 Å². The summed E-state index contributed by atoms with van der Waals surface area (Å²) in [6.45, 7) is 2.11. The standard InChI is InChI=1S/C17H21ClN4O3S/c1-25-13-8-14-12(7-11(13)18)20-17(26-14)21-16(24)10-3-2-5-22(9-10)6-4-15(19)23/h7-8,10H,2-6,9H2,1H3,(H2,19,23)(H,20,21,24)/t10-/m1/s1. The summed E-state index contributed by atoms with van der Waals surface area (Å²) in [4.78, 5) is 30.1. The highest BCUT2D eigenvalue weighted by Gasteiger charge is 2.26. The number of carbonyl (C=O) groups is 2. The van der Waals surface area contributed by atoms with E-state index in [0.717, 1.165) is 29.6 Å². The van der Waals surface area contributed by atoms with Crippen molar-refractivity contribution in [3.8, 4) is 5.75 Å². The highest BCUT2D eigenvalue weighted by molar-refractivity contribution is 7.22. The van der Waals surface area contributed by atoms with Crippen LogP contribution < -0.4 is 15.8 Å². The zero-order valence-corrected chi connectivity index (χ0v) is 16.0. The third kappa shape index (κ3) is 4.44. The van der Waals surface area contributed by atoms with Gasteiger partial charge in [-0.3, -0.25) is 9.59 Å². The van der Waals surface area contributed by atoms with E-state index in [1.807, 2.05) is 6.07 Å². The van der Waals surface area contributed by atoms with Gasteiger partial charge in [-0.15, -0.1) is 0 Å². The molecule has 0 bridgehead atoms. The molecule has 0 radical (unpaired) electrons. The summed E-state index contributed by atoms with van der Waals surface area (Å²) in [6.07, 6.45) is 2.06. The number of hydrogen-bond donors (Lipinski definition) is 2. The average Bonchev–Trinajstić information content (AvgIpc) is 3.00. The molecule has 2 amide bonds. The monoisotopic (exact) mass is 396 g/mol. The summed E-state index contributed by atoms with van der Waals surface area (Å²) in [5.74, 6) is 0.0888. The summed E-state index contributed by atoms with van der Waals surface area (Å²) < 4.78 is 6.11. The molecule has 7 nitrogen and oxygen atoms in total. The number of thiazole rings is 1. The van der Waals surface area contributed by atoms with Crippen molar-refractivity contribution in [1.82, 2.24) is 9.88 Å². The number of ether oxygens (including phenoxy) is 1. The van der Waals surface area contributed by atoms with Crippen LogP contribution >= 0.6 is 22.9 Å². The number of anilines is 1. The predicted molar refractivity (Wildman–Crippen MR) is 103 cm³/mol. The second kappa shape index (κ2) is 8.20. The molecular formula is C17H21ClN4O3S. The Bertz CT molecular complexity index is 826. The maximum absolute atomic E-state index is 12.6. The van der Waals surface area contributed by atoms with E-state index >= 15 is 0 Å². The largest absolute Gasteiger partial charge is 0.495 e. The minimum Gasteiger partial charge on any atom is -0.495 e. The molecule has 9 heteroatoms. The van der Waals surface area contributed by atoms with Gasteiger partial charge >= 0.3 is 0 Å². The first-order valence-corrected chi connectivity index (χ1v) is 9.61. The average molecular weight is 397 g/mol. The fourth-order valence-electron chi connectivity index (χ4n) is 3.09. The number of nitrogens with one attached hydrogen (secondary N) is 1. The van der Waals surface area contributed by atoms with Crippen molar-refractivity contribution in [2.45, 2.75) is 19.3 Å². The molecule has 2 aromatic rings. The van der Waals surface area contributed by atoms with Crippen LogP contribution in [0.2, 0.25) is 5.02 Å². The normalized spacial score (nSPS) is 18.0. The zero-order valence-electron chi connectivity index (χ0n) is 14.5. The molecule has 0 saturated carbocycles. The number of amides is 2. The molecule has 3 N–H and O–H groups in total. The molecule has 1 aliphatic rings. The summed E-state index contributed by atoms with van der Waals surface area (Å²) in [5, 5.41) is 3.94. The number of piperidine rings is 1. The van der Waals surface area contributed by atoms with Crippen LogP contribution in [-0.2, 0) is 9.59 Å². The molecule has 26 heavy (non-hydrogen) atoms. The molecule has 1 aromatic heterocycles. The van der Waals surface area contributed by atoms with Crippen LogP contribution in [0.15, 0.2) is 12.1 Å². The molecule has 0 unspecified atom stereocenters. The number of carbonyl (C=O) groups excluding carboxylic acids is 2. The van der Waals surface area contributed by atoms with Gasteiger partial charge in [0.2, 0.25) is 11.8 Å². The summed E-state index contributed by atoms with van der Waals surface area (Å²) >= 11 is 7.51. The van der Waals surface area contributed by atoms with E-state index in [0.29, 0.717) is 35.4 Å². The number of nitrogens with two attached hydrogens (primary N) is 1. The van der Waals surface area contributed by atoms with Gasteiger partial charge in [0.05, 0.1) is 28.3 Å². The highest BCUT2D eigenvalue weighted by Crippen LogP contribution is 2.34. The number of benzene rings is 1. The highest BCUT2D eigenvalue weighted by atomic mass is 35.5. The van der Waals surface area contributed by atoms with Crippen LogP contribution in [0.3, 0.4) is 0 Å². The van der Waals surface area contributed by atoms with E-state index in [9.17, 15) is 9.59 Å². The molecule has 1 saturated heterocycles. The fraction of sp³-hybridized carbons (Fsp3) is 0.471. The first-order chi connectivity index (χ1) is 12.5. The van der Waals surface area contributed by atoms with Gasteiger partial charge in [-0.1, -0.05) is 22.9 Å². The minimum atomic E-state index is -0.319. The van der Waals surface area contributed by atoms with Crippen molar-refractivity contribution in [3.63, 3.8) is 0 Å². The summed E-state index contributed by atoms with van der Waals surface area (Å²) in [6, 6.07) is 3.55. The molecule has 0 spiro atoms. The Morgan fingerprint density at radius 2 is 2.31 bits per heavy atom. The Morgan fingerprint density at radius 3 is 3.04 bits per heavy atom. The molecule has 2 heterocycles. The van der Waals surface area contributed by atoms with Gasteiger partial charge in [-0.05, 0) is 25.5 Å². The lowest BCUT2D eigenvalue weighted by Gasteiger charge is -2.31. The van der Waals surface area contributed by atoms with Crippen LogP contribution in [0, 0.1) is 5.92 Å². The molecule has 1 aromatic carbocycles. The van der Waals surface area contributed by atoms with E-state index in [4.69, 9.17) is 22.1 Å². The van der Waals surface area contributed by atoms with Crippen molar-refractivity contribution in [2.24, 2.45) is 11.7 Å². The predicted octanol–water partition coefficient (Wildman–Crippen LogP) is 2.48. The Hall–Kier alpha value is -1.90. The molecule has 0 aliphatic carbocycles. The van der Waals surface area contributed by atoms with Crippen LogP contribution in [-0.4, -0.2) is 48.4 Å². The molecule has 140 valence electrons. The van der Waals surface area contributed by atoms with E-state index in [-0.39, 0.29) is 17.7 Å². The van der Waals surface area contributed by atoms with Crippen LogP contribution in [0.4, 0.5) is 5.13 Å². The van der Waals surface area contributed by atoms with E-state index in [2.05, 4.69) is 15.2 Å². The van der Waals surface area contributed by atoms with Crippen LogP contribution in [0.1, 0.15) is 19.3 Å². The Balaban J connectivity index is 1.65. The lowest BCUT2D eigenvalue weighted by atomic mass is 9.97. The number of methoxy groups -OCH3 is 1. The SMILES string of the molecule is COc1cc2sc(NC(=O)[C@@H]3CCCN(CCC(N)=O)C3)nc2cc1Cl. The first kappa shape index (κ1) is 18.9. The van der Waals surface area contributed by atoms with Crippen molar-refractivity contribution in [2.75, 3.05) is 32.1 Å². The van der Waals surface area contributed by atoms with E-state index in [1.54, 1.807) is 13.2 Å². The van der Waals surface area contributed by atoms with E-state index < -0.39 is 0 Å². The number of aromatic nitrogens is 1. The van der Waals surface area contributed by atoms with Gasteiger partial charge in [0.25, 0.3) is 0 Å². The Morgan fingerprint density at radius 1 is 1.50 bits per heavy atom. The first-order valence-electron chi connectivity index (χ1n) is 8.42. The van der Waals surface area contributed by atoms with Gasteiger partial charge in [0.1, 0.15) is 5.75 Å². The Kier molecular flexibility index (Phi) is 5.95. The molecule has 1 atom stereocenters. The number of halogens is 1. The van der Waals surface area contributed by atoms with Crippen molar-refractivity contribution >= 4 is 50.1 Å². The number of hydrogen-bond acceptors (Lipinski definition) is 6. The summed E-state index contributed by atoms with van der Waals surface area (Å²) in [5.41, 5.74) is 5.93. The second-order valence-corrected chi connectivity index (χ2v) is 7.76. The number of nitrogens with zero attached hydrogens (tertiary/aromatic N) is 2. The third-order valence-corrected chi connectivity index (χ3v) is 5.67. The van der Waals surface area contributed by atoms with Gasteiger partial charge in [0.15, 0.2) is 5.13 Å². The summed E-state index contributed by atoms with van der Waals surface area (Å²) in [7, 11) is 1.56. The lowest BCUT2D eigenvalue weighted by Crippen LogP contribution is -2.41. The van der Waals surface area contributed by atoms with Crippen molar-refractivity contribution < 1.29 is 14.3 Å². The van der Waals surface area contributed by atoms with Crippen LogP contribution in [0.25, 0.3) is 10.2 Å². The van der Waals surface area contributed by atoms with Gasteiger partial charge in [-0.2, -0.15) is 0 Å². The zero-order chi connectivity index (χ0) is 18.7. The number of fused-ring (bicyclic) bond motifs is 1. The second-order valence-electron chi connectivity index (χ2n) is 6.32. The maximum Gasteiger partial charge on any atom is 0.230 e. The minimum absolute atomic E-state index is 0.0501. The number of likely N-dealkylation sites (tertiary alicyclic amines) is 1.